The topological polar surface area (TPSA) is 124 Å². The van der Waals surface area contributed by atoms with Gasteiger partial charge in [0.2, 0.25) is 0 Å². The number of hydrogen-bond acceptors (Lipinski definition) is 4. The highest BCUT2D eigenvalue weighted by molar-refractivity contribution is 6.35. The minimum atomic E-state index is -0.816. The summed E-state index contributed by atoms with van der Waals surface area (Å²) >= 11 is 0. The quantitative estimate of drug-likeness (QED) is 0.255. The molecule has 0 saturated carbocycles. The van der Waals surface area contributed by atoms with Crippen molar-refractivity contribution >= 4 is 35.2 Å². The third kappa shape index (κ3) is 4.59. The van der Waals surface area contributed by atoms with Crippen LogP contribution in [-0.2, 0) is 11.3 Å². The summed E-state index contributed by atoms with van der Waals surface area (Å²) in [5.41, 5.74) is 8.69. The number of aryl methyl sites for hydroxylation is 1. The number of nitrogens with one attached hydrogen (secondary N) is 2. The zero-order valence-corrected chi connectivity index (χ0v) is 20.6. The molecule has 1 aliphatic heterocycles. The number of aromatic nitrogens is 3. The molecule has 0 radical (unpaired) electrons. The Labute approximate surface area is 217 Å². The second-order valence-corrected chi connectivity index (χ2v) is 8.87. The van der Waals surface area contributed by atoms with Crippen LogP contribution in [0.4, 0.5) is 14.9 Å². The molecule has 0 aliphatic carbocycles. The molecule has 0 unspecified atom stereocenters. The molecule has 4 N–H and O–H groups in total. The molecule has 0 spiro atoms. The first-order valence-electron chi connectivity index (χ1n) is 12.0. The van der Waals surface area contributed by atoms with Crippen LogP contribution >= 0.6 is 0 Å². The summed E-state index contributed by atoms with van der Waals surface area (Å²) in [5.74, 6) is -1.34. The average molecular weight is 513 g/mol. The highest BCUT2D eigenvalue weighted by atomic mass is 19.1. The monoisotopic (exact) mass is 512 g/mol. The maximum Gasteiger partial charge on any atom is 0.323 e. The summed E-state index contributed by atoms with van der Waals surface area (Å²) in [6.07, 6.45) is 7.38. The molecule has 2 aromatic heterocycles. The van der Waals surface area contributed by atoms with E-state index in [4.69, 9.17) is 5.73 Å². The van der Waals surface area contributed by atoms with E-state index in [1.54, 1.807) is 31.6 Å². The fourth-order valence-corrected chi connectivity index (χ4v) is 4.72. The number of anilines is 1. The van der Waals surface area contributed by atoms with Crippen molar-refractivity contribution in [1.82, 2.24) is 19.4 Å². The van der Waals surface area contributed by atoms with Gasteiger partial charge in [-0.2, -0.15) is 0 Å². The van der Waals surface area contributed by atoms with Crippen molar-refractivity contribution < 1.29 is 18.8 Å². The summed E-state index contributed by atoms with van der Waals surface area (Å²) in [4.78, 5) is 43.0. The zero-order chi connectivity index (χ0) is 26.8. The molecule has 1 aliphatic rings. The fraction of sp³-hybridized carbons (Fsp3) is 0.143. The van der Waals surface area contributed by atoms with E-state index in [-0.39, 0.29) is 22.7 Å². The number of imidazole rings is 1. The van der Waals surface area contributed by atoms with E-state index in [1.807, 2.05) is 29.0 Å². The first-order valence-corrected chi connectivity index (χ1v) is 12.0. The first kappa shape index (κ1) is 24.7. The SMILES string of the molecule is Cc1c(C(=O)NCCCn2ccnc2)c(-c2ccccc2)c(C=C2C(=O)Nc3ccc(F)cc32)n1C(N)=O. The van der Waals surface area contributed by atoms with Crippen LogP contribution in [0.5, 0.6) is 0 Å². The highest BCUT2D eigenvalue weighted by Crippen LogP contribution is 2.38. The number of carbonyl (C=O) groups is 3. The van der Waals surface area contributed by atoms with Crippen molar-refractivity contribution in [3.8, 4) is 11.1 Å². The van der Waals surface area contributed by atoms with E-state index in [0.717, 1.165) is 0 Å². The summed E-state index contributed by atoms with van der Waals surface area (Å²) in [5, 5.41) is 5.64. The van der Waals surface area contributed by atoms with Gasteiger partial charge in [0.05, 0.1) is 23.2 Å². The van der Waals surface area contributed by atoms with Gasteiger partial charge in [-0.3, -0.25) is 14.2 Å². The lowest BCUT2D eigenvalue weighted by molar-refractivity contribution is -0.110. The molecule has 0 saturated heterocycles. The van der Waals surface area contributed by atoms with Gasteiger partial charge < -0.3 is 20.9 Å². The number of halogens is 1. The smallest absolute Gasteiger partial charge is 0.323 e. The molecule has 5 rings (SSSR count). The largest absolute Gasteiger partial charge is 0.352 e. The Morgan fingerprint density at radius 3 is 2.68 bits per heavy atom. The maximum absolute atomic E-state index is 14.1. The molecule has 0 fully saturated rings. The van der Waals surface area contributed by atoms with Crippen LogP contribution < -0.4 is 16.4 Å². The van der Waals surface area contributed by atoms with Gasteiger partial charge in [0.25, 0.3) is 11.8 Å². The number of primary amides is 1. The Balaban J connectivity index is 1.61. The first-order chi connectivity index (χ1) is 18.3. The number of nitrogens with two attached hydrogens (primary N) is 1. The van der Waals surface area contributed by atoms with Crippen LogP contribution in [0.1, 0.15) is 33.7 Å². The van der Waals surface area contributed by atoms with Gasteiger partial charge >= 0.3 is 6.03 Å². The van der Waals surface area contributed by atoms with Crippen molar-refractivity contribution in [1.29, 1.82) is 0 Å². The van der Waals surface area contributed by atoms with E-state index in [9.17, 15) is 18.8 Å². The molecule has 0 atom stereocenters. The Kier molecular flexibility index (Phi) is 6.61. The standard InChI is InChI=1S/C28H25FN6O3/c1-17-24(27(37)32-10-5-12-34-13-11-31-16-34)25(18-6-3-2-4-7-18)23(35(17)28(30)38)15-21-20-14-19(29)8-9-22(20)33-26(21)36/h2-4,6-9,11,13-16H,5,10,12H2,1H3,(H2,30,38)(H,32,37)(H,33,36). The summed E-state index contributed by atoms with van der Waals surface area (Å²) in [7, 11) is 0. The molecule has 4 aromatic rings. The molecule has 2 aromatic carbocycles. The van der Waals surface area contributed by atoms with Crippen molar-refractivity contribution in [2.45, 2.75) is 19.9 Å². The maximum atomic E-state index is 14.1. The van der Waals surface area contributed by atoms with Gasteiger partial charge in [0, 0.05) is 48.0 Å². The van der Waals surface area contributed by atoms with Crippen molar-refractivity contribution in [3.63, 3.8) is 0 Å². The molecular formula is C28H25FN6O3. The van der Waals surface area contributed by atoms with Crippen LogP contribution in [0.3, 0.4) is 0 Å². The van der Waals surface area contributed by atoms with E-state index >= 15 is 0 Å². The van der Waals surface area contributed by atoms with Gasteiger partial charge in [0.15, 0.2) is 0 Å². The fourth-order valence-electron chi connectivity index (χ4n) is 4.72. The van der Waals surface area contributed by atoms with Crippen LogP contribution in [0.25, 0.3) is 22.8 Å². The normalized spacial score (nSPS) is 13.4. The third-order valence-corrected chi connectivity index (χ3v) is 6.44. The number of nitrogens with zero attached hydrogens (tertiary/aromatic N) is 3. The molecule has 3 heterocycles. The highest BCUT2D eigenvalue weighted by Gasteiger charge is 2.30. The summed E-state index contributed by atoms with van der Waals surface area (Å²) in [6, 6.07) is 12.2. The van der Waals surface area contributed by atoms with Crippen LogP contribution in [0, 0.1) is 12.7 Å². The van der Waals surface area contributed by atoms with E-state index in [1.165, 1.54) is 28.8 Å². The number of benzene rings is 2. The van der Waals surface area contributed by atoms with Gasteiger partial charge in [-0.05, 0) is 43.2 Å². The zero-order valence-electron chi connectivity index (χ0n) is 20.6. The third-order valence-electron chi connectivity index (χ3n) is 6.44. The second kappa shape index (κ2) is 10.2. The number of rotatable bonds is 7. The van der Waals surface area contributed by atoms with E-state index in [2.05, 4.69) is 15.6 Å². The van der Waals surface area contributed by atoms with Crippen LogP contribution in [0.15, 0.2) is 67.3 Å². The number of amides is 3. The van der Waals surface area contributed by atoms with Crippen molar-refractivity contribution in [2.24, 2.45) is 5.73 Å². The lowest BCUT2D eigenvalue weighted by atomic mass is 9.97. The number of hydrogen-bond donors (Lipinski definition) is 3. The lowest BCUT2D eigenvalue weighted by Gasteiger charge is -2.09. The molecule has 192 valence electrons. The van der Waals surface area contributed by atoms with Crippen LogP contribution in [0.2, 0.25) is 0 Å². The molecular weight excluding hydrogens is 487 g/mol. The van der Waals surface area contributed by atoms with Gasteiger partial charge in [-0.25, -0.2) is 14.2 Å². The molecule has 9 nitrogen and oxygen atoms in total. The summed E-state index contributed by atoms with van der Waals surface area (Å²) < 4.78 is 17.2. The minimum absolute atomic E-state index is 0.156. The van der Waals surface area contributed by atoms with Crippen molar-refractivity contribution in [3.05, 3.63) is 95.6 Å². The molecule has 0 bridgehead atoms. The van der Waals surface area contributed by atoms with E-state index < -0.39 is 17.8 Å². The number of fused-ring (bicyclic) bond motifs is 1. The molecule has 38 heavy (non-hydrogen) atoms. The second-order valence-electron chi connectivity index (χ2n) is 8.87. The number of carbonyl (C=O) groups excluding carboxylic acids is 3. The van der Waals surface area contributed by atoms with Crippen molar-refractivity contribution in [2.75, 3.05) is 11.9 Å². The van der Waals surface area contributed by atoms with E-state index in [0.29, 0.717) is 47.6 Å². The van der Waals surface area contributed by atoms with Gasteiger partial charge in [0.1, 0.15) is 5.82 Å². The van der Waals surface area contributed by atoms with Gasteiger partial charge in [-0.15, -0.1) is 0 Å². The Morgan fingerprint density at radius 2 is 1.97 bits per heavy atom. The predicted octanol–water partition coefficient (Wildman–Crippen LogP) is 4.04. The summed E-state index contributed by atoms with van der Waals surface area (Å²) in [6.45, 7) is 2.69. The minimum Gasteiger partial charge on any atom is -0.352 e. The Bertz CT molecular complexity index is 1570. The predicted molar refractivity (Wildman–Crippen MR) is 142 cm³/mol. The Morgan fingerprint density at radius 1 is 1.18 bits per heavy atom. The average Bonchev–Trinajstić information content (AvgIpc) is 3.59. The molecule has 3 amide bonds. The van der Waals surface area contributed by atoms with Gasteiger partial charge in [-0.1, -0.05) is 30.3 Å². The lowest BCUT2D eigenvalue weighted by Crippen LogP contribution is -2.27. The van der Waals surface area contributed by atoms with Crippen LogP contribution in [-0.4, -0.2) is 38.5 Å². The molecule has 10 heteroatoms. The Hall–Kier alpha value is -4.99.